The molecule has 23 heavy (non-hydrogen) atoms. The standard InChI is InChI=1S/C16H14O7/c1-16(20)6-10(22-3)13(18)14-12(16)8-4-7(21-2)5-9(17)11(8)15(19)23-14/h4-6,17,20H,1-3H3. The zero-order chi connectivity index (χ0) is 16.9. The highest BCUT2D eigenvalue weighted by molar-refractivity contribution is 6.11. The lowest BCUT2D eigenvalue weighted by molar-refractivity contribution is 0.0754. The molecule has 0 bridgehead atoms. The fourth-order valence-corrected chi connectivity index (χ4v) is 2.77. The summed E-state index contributed by atoms with van der Waals surface area (Å²) in [5, 5.41) is 20.8. The number of rotatable bonds is 2. The van der Waals surface area contributed by atoms with Gasteiger partial charge in [-0.05, 0) is 19.1 Å². The van der Waals surface area contributed by atoms with Gasteiger partial charge < -0.3 is 24.1 Å². The molecule has 0 saturated heterocycles. The third kappa shape index (κ3) is 2.08. The molecule has 1 aliphatic carbocycles. The minimum atomic E-state index is -1.64. The van der Waals surface area contributed by atoms with Crippen molar-refractivity contribution < 1.29 is 28.9 Å². The van der Waals surface area contributed by atoms with E-state index in [0.29, 0.717) is 0 Å². The number of aliphatic hydroxyl groups is 1. The van der Waals surface area contributed by atoms with Gasteiger partial charge in [0.2, 0.25) is 0 Å². The van der Waals surface area contributed by atoms with E-state index >= 15 is 0 Å². The molecule has 1 aromatic carbocycles. The third-order valence-electron chi connectivity index (χ3n) is 3.79. The number of carbonyl (C=O) groups is 1. The second-order valence-corrected chi connectivity index (χ2v) is 5.35. The summed E-state index contributed by atoms with van der Waals surface area (Å²) < 4.78 is 15.1. The Balaban J connectivity index is 2.51. The van der Waals surface area contributed by atoms with Crippen LogP contribution in [0, 0.1) is 0 Å². The summed E-state index contributed by atoms with van der Waals surface area (Å²) in [4.78, 5) is 24.5. The Morgan fingerprint density at radius 2 is 1.87 bits per heavy atom. The van der Waals surface area contributed by atoms with Crippen LogP contribution in [0.5, 0.6) is 11.5 Å². The van der Waals surface area contributed by atoms with Gasteiger partial charge in [-0.3, -0.25) is 4.79 Å². The number of methoxy groups -OCH3 is 2. The van der Waals surface area contributed by atoms with Gasteiger partial charge in [0.25, 0.3) is 5.78 Å². The number of hydrogen-bond donors (Lipinski definition) is 2. The quantitative estimate of drug-likeness (QED) is 0.863. The van der Waals surface area contributed by atoms with Crippen molar-refractivity contribution >= 4 is 16.6 Å². The molecule has 1 heterocycles. The molecule has 1 unspecified atom stereocenters. The van der Waals surface area contributed by atoms with E-state index in [2.05, 4.69) is 0 Å². The molecule has 7 nitrogen and oxygen atoms in total. The molecule has 0 amide bonds. The summed E-state index contributed by atoms with van der Waals surface area (Å²) in [6.07, 6.45) is 1.23. The van der Waals surface area contributed by atoms with Gasteiger partial charge in [-0.25, -0.2) is 4.79 Å². The first-order chi connectivity index (χ1) is 10.8. The Hall–Kier alpha value is -2.80. The summed E-state index contributed by atoms with van der Waals surface area (Å²) in [6, 6.07) is 2.71. The van der Waals surface area contributed by atoms with E-state index in [1.807, 2.05) is 0 Å². The van der Waals surface area contributed by atoms with Crippen molar-refractivity contribution in [2.45, 2.75) is 12.5 Å². The van der Waals surface area contributed by atoms with Gasteiger partial charge in [0.05, 0.1) is 14.2 Å². The molecule has 0 fully saturated rings. The summed E-state index contributed by atoms with van der Waals surface area (Å²) in [7, 11) is 2.67. The normalized spacial score (nSPS) is 20.2. The predicted molar refractivity (Wildman–Crippen MR) is 79.7 cm³/mol. The number of allylic oxidation sites excluding steroid dienone is 1. The van der Waals surface area contributed by atoms with Gasteiger partial charge >= 0.3 is 5.63 Å². The molecule has 3 rings (SSSR count). The van der Waals surface area contributed by atoms with Crippen molar-refractivity contribution in [2.75, 3.05) is 14.2 Å². The first-order valence-electron chi connectivity index (χ1n) is 6.72. The Bertz CT molecular complexity index is 918. The first-order valence-corrected chi connectivity index (χ1v) is 6.72. The number of fused-ring (bicyclic) bond motifs is 3. The molecule has 1 aromatic heterocycles. The van der Waals surface area contributed by atoms with E-state index in [0.717, 1.165) is 0 Å². The SMILES string of the molecule is COC1=CC(C)(O)c2c(oc(=O)c3c(O)cc(OC)cc23)C1=O. The van der Waals surface area contributed by atoms with E-state index in [1.54, 1.807) is 0 Å². The van der Waals surface area contributed by atoms with Gasteiger partial charge in [-0.15, -0.1) is 0 Å². The first kappa shape index (κ1) is 15.1. The van der Waals surface area contributed by atoms with Gasteiger partial charge in [0.1, 0.15) is 22.5 Å². The zero-order valence-electron chi connectivity index (χ0n) is 12.7. The summed E-state index contributed by atoms with van der Waals surface area (Å²) in [5.41, 5.74) is -2.45. The minimum Gasteiger partial charge on any atom is -0.507 e. The van der Waals surface area contributed by atoms with Crippen molar-refractivity contribution in [1.29, 1.82) is 0 Å². The van der Waals surface area contributed by atoms with Crippen molar-refractivity contribution in [3.05, 3.63) is 45.7 Å². The maximum Gasteiger partial charge on any atom is 0.348 e. The molecule has 2 N–H and O–H groups in total. The summed E-state index contributed by atoms with van der Waals surface area (Å²) in [6.45, 7) is 1.42. The number of ether oxygens (including phenoxy) is 2. The second-order valence-electron chi connectivity index (χ2n) is 5.35. The zero-order valence-corrected chi connectivity index (χ0v) is 12.7. The lowest BCUT2D eigenvalue weighted by atomic mass is 9.84. The molecular weight excluding hydrogens is 304 g/mol. The Morgan fingerprint density at radius 1 is 1.17 bits per heavy atom. The fraction of sp³-hybridized carbons (Fsp3) is 0.250. The minimum absolute atomic E-state index is 0.0760. The van der Waals surface area contributed by atoms with Crippen LogP contribution in [0.2, 0.25) is 0 Å². The summed E-state index contributed by atoms with van der Waals surface area (Å²) >= 11 is 0. The number of aromatic hydroxyl groups is 1. The van der Waals surface area contributed by atoms with Crippen LogP contribution in [0.4, 0.5) is 0 Å². The topological polar surface area (TPSA) is 106 Å². The van der Waals surface area contributed by atoms with E-state index in [-0.39, 0.29) is 39.4 Å². The molecule has 1 atom stereocenters. The Kier molecular flexibility index (Phi) is 3.19. The van der Waals surface area contributed by atoms with Crippen LogP contribution in [0.25, 0.3) is 10.8 Å². The number of phenols is 1. The predicted octanol–water partition coefficient (Wildman–Crippen LogP) is 1.44. The molecule has 120 valence electrons. The molecule has 2 aromatic rings. The van der Waals surface area contributed by atoms with Crippen LogP contribution in [-0.2, 0) is 10.3 Å². The summed E-state index contributed by atoms with van der Waals surface area (Å²) in [5.74, 6) is -1.19. The molecule has 0 spiro atoms. The average Bonchev–Trinajstić information content (AvgIpc) is 2.49. The molecule has 1 aliphatic rings. The highest BCUT2D eigenvalue weighted by Gasteiger charge is 2.39. The van der Waals surface area contributed by atoms with Gasteiger partial charge in [0.15, 0.2) is 11.5 Å². The van der Waals surface area contributed by atoms with Crippen LogP contribution >= 0.6 is 0 Å². The maximum atomic E-state index is 12.3. The molecule has 0 saturated carbocycles. The van der Waals surface area contributed by atoms with Crippen LogP contribution in [0.1, 0.15) is 23.0 Å². The van der Waals surface area contributed by atoms with Crippen molar-refractivity contribution in [1.82, 2.24) is 0 Å². The van der Waals surface area contributed by atoms with Crippen molar-refractivity contribution in [2.24, 2.45) is 0 Å². The number of hydrogen-bond acceptors (Lipinski definition) is 7. The second kappa shape index (κ2) is 4.85. The molecule has 0 radical (unpaired) electrons. The number of benzene rings is 1. The van der Waals surface area contributed by atoms with Crippen LogP contribution in [0.3, 0.4) is 0 Å². The highest BCUT2D eigenvalue weighted by atomic mass is 16.5. The van der Waals surface area contributed by atoms with Gasteiger partial charge in [0, 0.05) is 17.0 Å². The fourth-order valence-electron chi connectivity index (χ4n) is 2.77. The van der Waals surface area contributed by atoms with Gasteiger partial charge in [-0.1, -0.05) is 0 Å². The van der Waals surface area contributed by atoms with Crippen LogP contribution in [-0.4, -0.2) is 30.2 Å². The Labute approximate surface area is 130 Å². The number of phenolic OH excluding ortho intramolecular Hbond substituents is 1. The number of carbonyl (C=O) groups excluding carboxylic acids is 1. The van der Waals surface area contributed by atoms with E-state index in [4.69, 9.17) is 13.9 Å². The smallest absolute Gasteiger partial charge is 0.348 e. The van der Waals surface area contributed by atoms with Crippen molar-refractivity contribution in [3.63, 3.8) is 0 Å². The van der Waals surface area contributed by atoms with Gasteiger partial charge in [-0.2, -0.15) is 0 Å². The van der Waals surface area contributed by atoms with E-state index < -0.39 is 17.0 Å². The monoisotopic (exact) mass is 318 g/mol. The molecule has 0 aliphatic heterocycles. The Morgan fingerprint density at radius 3 is 2.48 bits per heavy atom. The highest BCUT2D eigenvalue weighted by Crippen LogP contribution is 2.40. The lowest BCUT2D eigenvalue weighted by Gasteiger charge is -2.27. The largest absolute Gasteiger partial charge is 0.507 e. The maximum absolute atomic E-state index is 12.3. The third-order valence-corrected chi connectivity index (χ3v) is 3.79. The number of ketones is 1. The molecular formula is C16H14O7. The lowest BCUT2D eigenvalue weighted by Crippen LogP contribution is -2.30. The van der Waals surface area contributed by atoms with E-state index in [1.165, 1.54) is 39.4 Å². The average molecular weight is 318 g/mol. The van der Waals surface area contributed by atoms with Crippen LogP contribution < -0.4 is 10.4 Å². The number of Topliss-reactive ketones (excluding diaryl/α,β-unsaturated/α-hetero) is 1. The molecule has 7 heteroatoms. The van der Waals surface area contributed by atoms with Crippen molar-refractivity contribution in [3.8, 4) is 11.5 Å². The van der Waals surface area contributed by atoms with E-state index in [9.17, 15) is 19.8 Å². The van der Waals surface area contributed by atoms with Crippen LogP contribution in [0.15, 0.2) is 33.2 Å².